The van der Waals surface area contributed by atoms with Crippen molar-refractivity contribution in [1.29, 1.82) is 0 Å². The predicted molar refractivity (Wildman–Crippen MR) is 73.1 cm³/mol. The second kappa shape index (κ2) is 8.34. The smallest absolute Gasteiger partial charge is 0.323 e. The zero-order valence-electron chi connectivity index (χ0n) is 10.0. The number of aromatic amines is 1. The van der Waals surface area contributed by atoms with E-state index in [2.05, 4.69) is 9.97 Å². The van der Waals surface area contributed by atoms with Gasteiger partial charge in [-0.25, -0.2) is 4.98 Å². The van der Waals surface area contributed by atoms with Crippen molar-refractivity contribution in [2.45, 2.75) is 44.2 Å². The molecule has 2 rings (SSSR count). The molecule has 0 amide bonds. The second-order valence-electron chi connectivity index (χ2n) is 4.23. The molecule has 1 atom stereocenters. The number of esters is 1. The maximum atomic E-state index is 11.6. The number of hydrogen-bond donors (Lipinski definition) is 2. The SMILES string of the molecule is Cl.Cl.N[C@@H](Cc1cnc[nH]1)C(=O)OC1CCCC1. The van der Waals surface area contributed by atoms with Gasteiger partial charge in [0.2, 0.25) is 0 Å². The van der Waals surface area contributed by atoms with Crippen molar-refractivity contribution in [3.8, 4) is 0 Å². The summed E-state index contributed by atoms with van der Waals surface area (Å²) in [6, 6.07) is -0.596. The summed E-state index contributed by atoms with van der Waals surface area (Å²) in [5.74, 6) is -0.304. The number of rotatable bonds is 4. The Morgan fingerprint density at radius 2 is 2.17 bits per heavy atom. The van der Waals surface area contributed by atoms with Crippen LogP contribution in [0.3, 0.4) is 0 Å². The van der Waals surface area contributed by atoms with Crippen molar-refractivity contribution in [2.75, 3.05) is 0 Å². The van der Waals surface area contributed by atoms with Crippen molar-refractivity contribution in [3.05, 3.63) is 18.2 Å². The third-order valence-corrected chi connectivity index (χ3v) is 2.88. The van der Waals surface area contributed by atoms with Gasteiger partial charge in [0, 0.05) is 18.3 Å². The number of H-pyrrole nitrogens is 1. The highest BCUT2D eigenvalue weighted by Crippen LogP contribution is 2.21. The van der Waals surface area contributed by atoms with Crippen molar-refractivity contribution in [3.63, 3.8) is 0 Å². The maximum Gasteiger partial charge on any atom is 0.323 e. The molecule has 7 heteroatoms. The predicted octanol–water partition coefficient (Wildman–Crippen LogP) is 1.61. The Hall–Kier alpha value is -0.780. The van der Waals surface area contributed by atoms with Gasteiger partial charge in [0.1, 0.15) is 12.1 Å². The number of nitrogens with two attached hydrogens (primary N) is 1. The molecule has 0 aliphatic heterocycles. The molecule has 1 saturated carbocycles. The fraction of sp³-hybridized carbons (Fsp3) is 0.636. The van der Waals surface area contributed by atoms with Crippen LogP contribution >= 0.6 is 24.8 Å². The molecule has 3 N–H and O–H groups in total. The number of carbonyl (C=O) groups is 1. The molecule has 0 aromatic carbocycles. The minimum atomic E-state index is -0.596. The minimum absolute atomic E-state index is 0. The molecule has 0 unspecified atom stereocenters. The summed E-state index contributed by atoms with van der Waals surface area (Å²) in [6.45, 7) is 0. The topological polar surface area (TPSA) is 81.0 Å². The van der Waals surface area contributed by atoms with Gasteiger partial charge < -0.3 is 15.5 Å². The Bertz CT molecular complexity index is 340. The lowest BCUT2D eigenvalue weighted by molar-refractivity contribution is -0.150. The molecule has 1 aromatic heterocycles. The third-order valence-electron chi connectivity index (χ3n) is 2.88. The lowest BCUT2D eigenvalue weighted by Crippen LogP contribution is -2.36. The molecule has 1 aromatic rings. The highest BCUT2D eigenvalue weighted by molar-refractivity contribution is 5.85. The molecule has 104 valence electrons. The molecule has 1 aliphatic carbocycles. The summed E-state index contributed by atoms with van der Waals surface area (Å²) in [4.78, 5) is 18.4. The number of ether oxygens (including phenoxy) is 1. The van der Waals surface area contributed by atoms with E-state index in [4.69, 9.17) is 10.5 Å². The zero-order valence-corrected chi connectivity index (χ0v) is 11.6. The molecule has 0 spiro atoms. The summed E-state index contributed by atoms with van der Waals surface area (Å²) >= 11 is 0. The molecular weight excluding hydrogens is 277 g/mol. The first-order chi connectivity index (χ1) is 7.75. The van der Waals surface area contributed by atoms with Crippen LogP contribution in [0.2, 0.25) is 0 Å². The van der Waals surface area contributed by atoms with Crippen LogP contribution in [0.15, 0.2) is 12.5 Å². The Morgan fingerprint density at radius 1 is 1.50 bits per heavy atom. The van der Waals surface area contributed by atoms with E-state index in [0.717, 1.165) is 31.4 Å². The highest BCUT2D eigenvalue weighted by Gasteiger charge is 2.23. The van der Waals surface area contributed by atoms with E-state index in [-0.39, 0.29) is 36.9 Å². The Kier molecular flexibility index (Phi) is 7.98. The molecule has 18 heavy (non-hydrogen) atoms. The van der Waals surface area contributed by atoms with Gasteiger partial charge in [0.25, 0.3) is 0 Å². The molecule has 5 nitrogen and oxygen atoms in total. The zero-order chi connectivity index (χ0) is 11.4. The van der Waals surface area contributed by atoms with Gasteiger partial charge in [-0.3, -0.25) is 4.79 Å². The molecule has 1 aliphatic rings. The van der Waals surface area contributed by atoms with Crippen LogP contribution in [0.25, 0.3) is 0 Å². The Labute approximate surface area is 119 Å². The highest BCUT2D eigenvalue weighted by atomic mass is 35.5. The van der Waals surface area contributed by atoms with Crippen LogP contribution in [0.4, 0.5) is 0 Å². The van der Waals surface area contributed by atoms with Crippen LogP contribution < -0.4 is 5.73 Å². The number of aromatic nitrogens is 2. The fourth-order valence-electron chi connectivity index (χ4n) is 1.97. The first-order valence-corrected chi connectivity index (χ1v) is 5.69. The summed E-state index contributed by atoms with van der Waals surface area (Å²) in [6.07, 6.45) is 8.02. The lowest BCUT2D eigenvalue weighted by Gasteiger charge is -2.15. The number of imidazole rings is 1. The third kappa shape index (κ3) is 4.84. The second-order valence-corrected chi connectivity index (χ2v) is 4.23. The normalized spacial score (nSPS) is 16.5. The van der Waals surface area contributed by atoms with E-state index in [0.29, 0.717) is 6.42 Å². The van der Waals surface area contributed by atoms with Gasteiger partial charge in [-0.05, 0) is 25.7 Å². The molecule has 1 heterocycles. The number of nitrogens with one attached hydrogen (secondary N) is 1. The number of halogens is 2. The van der Waals surface area contributed by atoms with E-state index in [1.807, 2.05) is 0 Å². The first-order valence-electron chi connectivity index (χ1n) is 5.69. The van der Waals surface area contributed by atoms with Crippen molar-refractivity contribution in [2.24, 2.45) is 5.73 Å². The Balaban J connectivity index is 0.00000144. The monoisotopic (exact) mass is 295 g/mol. The van der Waals surface area contributed by atoms with Crippen LogP contribution in [0, 0.1) is 0 Å². The van der Waals surface area contributed by atoms with Gasteiger partial charge in [-0.15, -0.1) is 24.8 Å². The number of carbonyl (C=O) groups excluding carboxylic acids is 1. The summed E-state index contributed by atoms with van der Waals surface area (Å²) in [5.41, 5.74) is 6.62. The fourth-order valence-corrected chi connectivity index (χ4v) is 1.97. The van der Waals surface area contributed by atoms with Crippen LogP contribution in [0.1, 0.15) is 31.4 Å². The van der Waals surface area contributed by atoms with Crippen LogP contribution in [-0.4, -0.2) is 28.1 Å². The summed E-state index contributed by atoms with van der Waals surface area (Å²) < 4.78 is 5.32. The van der Waals surface area contributed by atoms with E-state index in [1.165, 1.54) is 0 Å². The maximum absolute atomic E-state index is 11.6. The standard InChI is InChI=1S/C11H17N3O2.2ClH/c12-10(5-8-6-13-7-14-8)11(15)16-9-3-1-2-4-9;;/h6-7,9-10H,1-5,12H2,(H,13,14);2*1H/t10-;;/m0../s1. The summed E-state index contributed by atoms with van der Waals surface area (Å²) in [7, 11) is 0. The number of hydrogen-bond acceptors (Lipinski definition) is 4. The minimum Gasteiger partial charge on any atom is -0.461 e. The van der Waals surface area contributed by atoms with Crippen LogP contribution in [-0.2, 0) is 16.0 Å². The molecule has 0 saturated heterocycles. The van der Waals surface area contributed by atoms with Gasteiger partial charge in [-0.2, -0.15) is 0 Å². The van der Waals surface area contributed by atoms with Gasteiger partial charge in [0.05, 0.1) is 6.33 Å². The quantitative estimate of drug-likeness (QED) is 0.827. The summed E-state index contributed by atoms with van der Waals surface area (Å²) in [5, 5.41) is 0. The Morgan fingerprint density at radius 3 is 2.72 bits per heavy atom. The average Bonchev–Trinajstić information content (AvgIpc) is 2.90. The van der Waals surface area contributed by atoms with Gasteiger partial charge in [0.15, 0.2) is 0 Å². The largest absolute Gasteiger partial charge is 0.461 e. The van der Waals surface area contributed by atoms with Crippen molar-refractivity contribution >= 4 is 30.8 Å². The van der Waals surface area contributed by atoms with Crippen molar-refractivity contribution < 1.29 is 9.53 Å². The molecule has 0 radical (unpaired) electrons. The van der Waals surface area contributed by atoms with Gasteiger partial charge >= 0.3 is 5.97 Å². The van der Waals surface area contributed by atoms with E-state index in [1.54, 1.807) is 12.5 Å². The van der Waals surface area contributed by atoms with Gasteiger partial charge in [-0.1, -0.05) is 0 Å². The van der Waals surface area contributed by atoms with Crippen molar-refractivity contribution in [1.82, 2.24) is 9.97 Å². The molecule has 0 bridgehead atoms. The van der Waals surface area contributed by atoms with E-state index in [9.17, 15) is 4.79 Å². The number of nitrogens with zero attached hydrogens (tertiary/aromatic N) is 1. The van der Waals surface area contributed by atoms with E-state index < -0.39 is 6.04 Å². The molecule has 1 fully saturated rings. The lowest BCUT2D eigenvalue weighted by atomic mass is 10.2. The van der Waals surface area contributed by atoms with E-state index >= 15 is 0 Å². The van der Waals surface area contributed by atoms with Crippen LogP contribution in [0.5, 0.6) is 0 Å². The average molecular weight is 296 g/mol. The molecular formula is C11H19Cl2N3O2. The first kappa shape index (κ1) is 17.2.